The number of hydrogen-bond donors (Lipinski definition) is 1. The lowest BCUT2D eigenvalue weighted by Gasteiger charge is -2.18. The fraction of sp³-hybridized carbons (Fsp3) is 0.312. The molecule has 1 aliphatic rings. The molecule has 0 unspecified atom stereocenters. The van der Waals surface area contributed by atoms with Gasteiger partial charge in [-0.1, -0.05) is 23.7 Å². The number of ether oxygens (including phenoxy) is 1. The average molecular weight is 318 g/mol. The number of benzene rings is 1. The zero-order valence-corrected chi connectivity index (χ0v) is 12.9. The molecule has 1 fully saturated rings. The van der Waals surface area contributed by atoms with Gasteiger partial charge in [-0.05, 0) is 37.5 Å². The summed E-state index contributed by atoms with van der Waals surface area (Å²) in [6.45, 7) is 2.09. The molecular weight excluding hydrogens is 302 g/mol. The van der Waals surface area contributed by atoms with Crippen molar-refractivity contribution in [3.05, 3.63) is 52.8 Å². The fourth-order valence-electron chi connectivity index (χ4n) is 2.31. The quantitative estimate of drug-likeness (QED) is 0.856. The Morgan fingerprint density at radius 2 is 1.91 bits per heavy atom. The normalized spacial score (nSPS) is 15.2. The lowest BCUT2D eigenvalue weighted by atomic mass is 10.1. The van der Waals surface area contributed by atoms with Gasteiger partial charge in [-0.3, -0.25) is 0 Å². The lowest BCUT2D eigenvalue weighted by Crippen LogP contribution is -2.20. The second-order valence-corrected chi connectivity index (χ2v) is 5.67. The fourth-order valence-corrected chi connectivity index (χ4v) is 2.43. The van der Waals surface area contributed by atoms with E-state index >= 15 is 0 Å². The maximum atomic E-state index is 11.6. The Balaban J connectivity index is 1.73. The van der Waals surface area contributed by atoms with Crippen LogP contribution in [0.3, 0.4) is 0 Å². The van der Waals surface area contributed by atoms with Crippen LogP contribution in [0.15, 0.2) is 36.7 Å². The Labute approximate surface area is 133 Å². The topological polar surface area (TPSA) is 64.1 Å². The summed E-state index contributed by atoms with van der Waals surface area (Å²) in [5, 5.41) is 4.06. The van der Waals surface area contributed by atoms with Crippen molar-refractivity contribution in [2.45, 2.75) is 25.3 Å². The summed E-state index contributed by atoms with van der Waals surface area (Å²) in [6, 6.07) is 7.78. The van der Waals surface area contributed by atoms with Crippen molar-refractivity contribution in [3.8, 4) is 0 Å². The predicted octanol–water partition coefficient (Wildman–Crippen LogP) is 3.41. The molecule has 5 nitrogen and oxygen atoms in total. The van der Waals surface area contributed by atoms with Crippen LogP contribution < -0.4 is 5.32 Å². The van der Waals surface area contributed by atoms with Gasteiger partial charge in [-0.15, -0.1) is 0 Å². The molecule has 1 aliphatic carbocycles. The minimum Gasteiger partial charge on any atom is -0.462 e. The molecule has 0 amide bonds. The van der Waals surface area contributed by atoms with E-state index in [9.17, 15) is 4.79 Å². The summed E-state index contributed by atoms with van der Waals surface area (Å²) >= 11 is 5.93. The van der Waals surface area contributed by atoms with Gasteiger partial charge in [0.1, 0.15) is 0 Å². The Bertz CT molecular complexity index is 667. The summed E-state index contributed by atoms with van der Waals surface area (Å²) in [5.74, 6) is 0.0911. The minimum absolute atomic E-state index is 0.129. The number of carbonyl (C=O) groups excluding carboxylic acids is 1. The molecule has 0 spiro atoms. The molecule has 0 saturated heterocycles. The highest BCUT2D eigenvalue weighted by atomic mass is 35.5. The molecule has 0 radical (unpaired) electrons. The average Bonchev–Trinajstić information content (AvgIpc) is 3.29. The zero-order valence-electron chi connectivity index (χ0n) is 12.2. The molecule has 1 saturated carbocycles. The van der Waals surface area contributed by atoms with Crippen LogP contribution in [0.25, 0.3) is 0 Å². The van der Waals surface area contributed by atoms with Crippen LogP contribution in [-0.2, 0) is 10.3 Å². The molecule has 1 heterocycles. The van der Waals surface area contributed by atoms with Crippen molar-refractivity contribution in [3.63, 3.8) is 0 Å². The van der Waals surface area contributed by atoms with Crippen molar-refractivity contribution >= 4 is 23.5 Å². The molecule has 114 valence electrons. The number of hydrogen-bond acceptors (Lipinski definition) is 5. The first-order valence-corrected chi connectivity index (χ1v) is 7.54. The third kappa shape index (κ3) is 3.04. The van der Waals surface area contributed by atoms with Gasteiger partial charge < -0.3 is 10.1 Å². The third-order valence-electron chi connectivity index (χ3n) is 3.66. The SMILES string of the molecule is CCOC(=O)c1cnc(NC2(c3ccc(Cl)cc3)CC2)nc1. The number of esters is 1. The van der Waals surface area contributed by atoms with E-state index < -0.39 is 5.97 Å². The molecule has 2 aromatic rings. The molecule has 1 N–H and O–H groups in total. The second-order valence-electron chi connectivity index (χ2n) is 5.23. The smallest absolute Gasteiger partial charge is 0.341 e. The zero-order chi connectivity index (χ0) is 15.6. The molecule has 0 aliphatic heterocycles. The van der Waals surface area contributed by atoms with Crippen LogP contribution in [0.1, 0.15) is 35.7 Å². The maximum Gasteiger partial charge on any atom is 0.341 e. The Kier molecular flexibility index (Phi) is 3.98. The first-order valence-electron chi connectivity index (χ1n) is 7.16. The molecule has 6 heteroatoms. The molecule has 3 rings (SSSR count). The van der Waals surface area contributed by atoms with Crippen LogP contribution in [0.4, 0.5) is 5.95 Å². The molecule has 0 bridgehead atoms. The van der Waals surface area contributed by atoms with E-state index in [0.29, 0.717) is 18.1 Å². The molecule has 1 aromatic heterocycles. The summed E-state index contributed by atoms with van der Waals surface area (Å²) in [5.41, 5.74) is 1.38. The van der Waals surface area contributed by atoms with E-state index in [4.69, 9.17) is 16.3 Å². The van der Waals surface area contributed by atoms with Gasteiger partial charge in [-0.2, -0.15) is 0 Å². The number of halogens is 1. The second kappa shape index (κ2) is 5.93. The van der Waals surface area contributed by atoms with Gasteiger partial charge >= 0.3 is 5.97 Å². The van der Waals surface area contributed by atoms with Gasteiger partial charge in [0.25, 0.3) is 0 Å². The van der Waals surface area contributed by atoms with Crippen LogP contribution in [0.5, 0.6) is 0 Å². The maximum absolute atomic E-state index is 11.6. The highest BCUT2D eigenvalue weighted by Crippen LogP contribution is 2.47. The molecule has 0 atom stereocenters. The van der Waals surface area contributed by atoms with Gasteiger partial charge in [0.15, 0.2) is 0 Å². The number of anilines is 1. The van der Waals surface area contributed by atoms with Gasteiger partial charge in [0, 0.05) is 17.4 Å². The highest BCUT2D eigenvalue weighted by molar-refractivity contribution is 6.30. The van der Waals surface area contributed by atoms with E-state index in [0.717, 1.165) is 23.4 Å². The van der Waals surface area contributed by atoms with E-state index in [-0.39, 0.29) is 5.54 Å². The van der Waals surface area contributed by atoms with E-state index in [1.54, 1.807) is 6.92 Å². The Hall–Kier alpha value is -2.14. The van der Waals surface area contributed by atoms with E-state index in [2.05, 4.69) is 15.3 Å². The predicted molar refractivity (Wildman–Crippen MR) is 84.0 cm³/mol. The summed E-state index contributed by atoms with van der Waals surface area (Å²) in [7, 11) is 0. The molecule has 1 aromatic carbocycles. The Morgan fingerprint density at radius 3 is 2.45 bits per heavy atom. The van der Waals surface area contributed by atoms with Crippen LogP contribution in [0.2, 0.25) is 5.02 Å². The number of nitrogens with zero attached hydrogens (tertiary/aromatic N) is 2. The van der Waals surface area contributed by atoms with Crippen molar-refractivity contribution in [2.75, 3.05) is 11.9 Å². The number of carbonyl (C=O) groups is 1. The molecular formula is C16H16ClN3O2. The van der Waals surface area contributed by atoms with Crippen LogP contribution in [0, 0.1) is 0 Å². The van der Waals surface area contributed by atoms with Gasteiger partial charge in [0.05, 0.1) is 17.7 Å². The van der Waals surface area contributed by atoms with E-state index in [1.165, 1.54) is 12.4 Å². The molecule has 22 heavy (non-hydrogen) atoms. The number of aromatic nitrogens is 2. The van der Waals surface area contributed by atoms with Crippen molar-refractivity contribution in [1.82, 2.24) is 9.97 Å². The number of rotatable bonds is 5. The summed E-state index contributed by atoms with van der Waals surface area (Å²) < 4.78 is 4.91. The standard InChI is InChI=1S/C16H16ClN3O2/c1-2-22-14(21)11-9-18-15(19-10-11)20-16(7-8-16)12-3-5-13(17)6-4-12/h3-6,9-10H,2,7-8H2,1H3,(H,18,19,20). The highest BCUT2D eigenvalue weighted by Gasteiger charge is 2.44. The summed E-state index contributed by atoms with van der Waals surface area (Å²) in [4.78, 5) is 20.0. The largest absolute Gasteiger partial charge is 0.462 e. The lowest BCUT2D eigenvalue weighted by molar-refractivity contribution is 0.0525. The van der Waals surface area contributed by atoms with Gasteiger partial charge in [-0.25, -0.2) is 14.8 Å². The minimum atomic E-state index is -0.409. The van der Waals surface area contributed by atoms with Crippen molar-refractivity contribution in [2.24, 2.45) is 0 Å². The Morgan fingerprint density at radius 1 is 1.27 bits per heavy atom. The van der Waals surface area contributed by atoms with E-state index in [1.807, 2.05) is 24.3 Å². The summed E-state index contributed by atoms with van der Waals surface area (Å²) in [6.07, 6.45) is 4.98. The first-order chi connectivity index (χ1) is 10.6. The first kappa shape index (κ1) is 14.8. The third-order valence-corrected chi connectivity index (χ3v) is 3.91. The van der Waals surface area contributed by atoms with Crippen molar-refractivity contribution < 1.29 is 9.53 Å². The van der Waals surface area contributed by atoms with Crippen LogP contribution in [-0.4, -0.2) is 22.5 Å². The van der Waals surface area contributed by atoms with Crippen LogP contribution >= 0.6 is 11.6 Å². The monoisotopic (exact) mass is 317 g/mol. The van der Waals surface area contributed by atoms with Gasteiger partial charge in [0.2, 0.25) is 5.95 Å². The number of nitrogens with one attached hydrogen (secondary N) is 1. The van der Waals surface area contributed by atoms with Crippen molar-refractivity contribution in [1.29, 1.82) is 0 Å².